The first-order valence-corrected chi connectivity index (χ1v) is 3.75. The van der Waals surface area contributed by atoms with Crippen LogP contribution in [0.2, 0.25) is 0 Å². The van der Waals surface area contributed by atoms with E-state index in [2.05, 4.69) is 41.4 Å². The predicted octanol–water partition coefficient (Wildman–Crippen LogP) is 0.775. The summed E-state index contributed by atoms with van der Waals surface area (Å²) >= 11 is 0. The second-order valence-corrected chi connectivity index (χ2v) is 2.67. The van der Waals surface area contributed by atoms with Crippen molar-refractivity contribution < 1.29 is 0 Å². The summed E-state index contributed by atoms with van der Waals surface area (Å²) in [5, 5.41) is 1.32. The predicted molar refractivity (Wildman–Crippen MR) is 42.6 cm³/mol. The van der Waals surface area contributed by atoms with Gasteiger partial charge in [0.2, 0.25) is 0 Å². The van der Waals surface area contributed by atoms with Gasteiger partial charge in [0, 0.05) is 0 Å². The summed E-state index contributed by atoms with van der Waals surface area (Å²) in [6.07, 6.45) is 1.12. The van der Waals surface area contributed by atoms with Gasteiger partial charge in [-0.15, -0.1) is 0 Å². The highest BCUT2D eigenvalue weighted by Gasteiger charge is 1.89. The highest BCUT2D eigenvalue weighted by atomic mass is 28.1. The van der Waals surface area contributed by atoms with Gasteiger partial charge in [-0.2, -0.15) is 0 Å². The van der Waals surface area contributed by atoms with E-state index in [0.29, 0.717) is 0 Å². The molecule has 2 radical (unpaired) electrons. The van der Waals surface area contributed by atoms with Gasteiger partial charge in [0.1, 0.15) is 0 Å². The van der Waals surface area contributed by atoms with Gasteiger partial charge in [-0.05, 0) is 12.0 Å². The van der Waals surface area contributed by atoms with Gasteiger partial charge in [-0.1, -0.05) is 36.4 Å². The molecule has 1 aromatic rings. The minimum atomic E-state index is 1.12. The Kier molecular flexibility index (Phi) is 2.06. The number of hydrogen-bond donors (Lipinski definition) is 0. The van der Waals surface area contributed by atoms with E-state index in [4.69, 9.17) is 0 Å². The molecule has 9 heavy (non-hydrogen) atoms. The Bertz CT molecular complexity index is 194. The molecule has 0 atom stereocenters. The minimum Gasteiger partial charge on any atom is -0.0655 e. The summed E-state index contributed by atoms with van der Waals surface area (Å²) in [7, 11) is 2.73. The van der Waals surface area contributed by atoms with Gasteiger partial charge in [0.15, 0.2) is 0 Å². The zero-order valence-electron chi connectivity index (χ0n) is 5.59. The van der Waals surface area contributed by atoms with Crippen LogP contribution in [0.1, 0.15) is 12.5 Å². The van der Waals surface area contributed by atoms with Gasteiger partial charge in [0.05, 0.1) is 10.2 Å². The molecular formula is C8H10Si. The molecule has 0 nitrogen and oxygen atoms in total. The van der Waals surface area contributed by atoms with Gasteiger partial charge in [0.25, 0.3) is 0 Å². The molecule has 0 aliphatic carbocycles. The lowest BCUT2D eigenvalue weighted by Crippen LogP contribution is -2.07. The molecule has 0 spiro atoms. The monoisotopic (exact) mass is 134 g/mol. The van der Waals surface area contributed by atoms with E-state index >= 15 is 0 Å². The fourth-order valence-corrected chi connectivity index (χ4v) is 1.27. The fraction of sp³-hybridized carbons (Fsp3) is 0.250. The van der Waals surface area contributed by atoms with Crippen molar-refractivity contribution >= 4 is 15.4 Å². The fourth-order valence-electron chi connectivity index (χ4n) is 0.856. The third-order valence-electron chi connectivity index (χ3n) is 1.44. The van der Waals surface area contributed by atoms with E-state index < -0.39 is 0 Å². The van der Waals surface area contributed by atoms with Crippen molar-refractivity contribution in [1.82, 2.24) is 0 Å². The molecule has 0 amide bonds. The molecular weight excluding hydrogens is 124 g/mol. The van der Waals surface area contributed by atoms with Crippen molar-refractivity contribution in [2.75, 3.05) is 0 Å². The van der Waals surface area contributed by atoms with Crippen molar-refractivity contribution in [3.05, 3.63) is 29.8 Å². The molecule has 0 unspecified atom stereocenters. The number of hydrogen-bond acceptors (Lipinski definition) is 0. The average Bonchev–Trinajstić information content (AvgIpc) is 1.89. The number of aryl methyl sites for hydroxylation is 1. The molecule has 1 aromatic carbocycles. The van der Waals surface area contributed by atoms with Crippen LogP contribution in [0.25, 0.3) is 0 Å². The van der Waals surface area contributed by atoms with Crippen LogP contribution < -0.4 is 5.19 Å². The lowest BCUT2D eigenvalue weighted by atomic mass is 10.2. The van der Waals surface area contributed by atoms with E-state index in [1.54, 1.807) is 0 Å². The van der Waals surface area contributed by atoms with E-state index in [0.717, 1.165) is 6.42 Å². The first-order chi connectivity index (χ1) is 4.34. The molecule has 46 valence electrons. The Labute approximate surface area is 59.3 Å². The van der Waals surface area contributed by atoms with Crippen LogP contribution in [0.3, 0.4) is 0 Å². The first-order valence-electron chi connectivity index (χ1n) is 3.18. The minimum absolute atomic E-state index is 1.12. The van der Waals surface area contributed by atoms with Crippen molar-refractivity contribution in [2.45, 2.75) is 13.3 Å². The molecule has 0 N–H and O–H groups in total. The smallest absolute Gasteiger partial charge is 0.0589 e. The van der Waals surface area contributed by atoms with E-state index in [1.165, 1.54) is 10.8 Å². The normalized spacial score (nSPS) is 9.56. The standard InChI is InChI=1S/C8H10Si/c1-2-7-5-3-4-6-8(7)9/h3-6,9H,2H2,1H3. The third-order valence-corrected chi connectivity index (χ3v) is 2.00. The second-order valence-electron chi connectivity index (χ2n) is 2.05. The van der Waals surface area contributed by atoms with Crippen LogP contribution in [0.15, 0.2) is 24.3 Å². The van der Waals surface area contributed by atoms with Crippen LogP contribution in [-0.2, 0) is 6.42 Å². The highest BCUT2D eigenvalue weighted by molar-refractivity contribution is 6.33. The van der Waals surface area contributed by atoms with Crippen LogP contribution in [0, 0.1) is 0 Å². The number of benzene rings is 1. The Balaban J connectivity index is 3.01. The summed E-state index contributed by atoms with van der Waals surface area (Å²) < 4.78 is 0. The van der Waals surface area contributed by atoms with Crippen molar-refractivity contribution in [3.8, 4) is 0 Å². The summed E-state index contributed by atoms with van der Waals surface area (Å²) in [5.74, 6) is 0. The quantitative estimate of drug-likeness (QED) is 0.498. The molecule has 0 fully saturated rings. The molecule has 0 saturated heterocycles. The zero-order chi connectivity index (χ0) is 6.69. The number of rotatable bonds is 1. The Morgan fingerprint density at radius 2 is 2.00 bits per heavy atom. The van der Waals surface area contributed by atoms with Crippen molar-refractivity contribution in [1.29, 1.82) is 0 Å². The van der Waals surface area contributed by atoms with Crippen LogP contribution in [-0.4, -0.2) is 10.2 Å². The highest BCUT2D eigenvalue weighted by Crippen LogP contribution is 1.93. The molecule has 0 aliphatic heterocycles. The maximum Gasteiger partial charge on any atom is 0.0589 e. The molecule has 0 aromatic heterocycles. The van der Waals surface area contributed by atoms with E-state index in [9.17, 15) is 0 Å². The van der Waals surface area contributed by atoms with Crippen molar-refractivity contribution in [3.63, 3.8) is 0 Å². The van der Waals surface area contributed by atoms with Crippen LogP contribution in [0.5, 0.6) is 0 Å². The molecule has 1 rings (SSSR count). The van der Waals surface area contributed by atoms with Gasteiger partial charge < -0.3 is 0 Å². The van der Waals surface area contributed by atoms with Crippen molar-refractivity contribution in [2.24, 2.45) is 0 Å². The van der Waals surface area contributed by atoms with E-state index in [-0.39, 0.29) is 0 Å². The Morgan fingerprint density at radius 3 is 2.44 bits per heavy atom. The maximum absolute atomic E-state index is 2.73. The SMILES string of the molecule is CCc1ccccc1[SiH]. The Morgan fingerprint density at radius 1 is 1.33 bits per heavy atom. The molecule has 0 saturated carbocycles. The van der Waals surface area contributed by atoms with Crippen LogP contribution >= 0.6 is 0 Å². The van der Waals surface area contributed by atoms with Gasteiger partial charge in [-0.25, -0.2) is 0 Å². The lowest BCUT2D eigenvalue weighted by molar-refractivity contribution is 1.15. The Hall–Kier alpha value is -0.563. The summed E-state index contributed by atoms with van der Waals surface area (Å²) in [4.78, 5) is 0. The van der Waals surface area contributed by atoms with Crippen LogP contribution in [0.4, 0.5) is 0 Å². The molecule has 0 aliphatic rings. The third kappa shape index (κ3) is 1.42. The van der Waals surface area contributed by atoms with Gasteiger partial charge in [-0.3, -0.25) is 0 Å². The average molecular weight is 134 g/mol. The largest absolute Gasteiger partial charge is 0.0655 e. The maximum atomic E-state index is 2.73. The second kappa shape index (κ2) is 2.83. The summed E-state index contributed by atoms with van der Waals surface area (Å²) in [6, 6.07) is 8.40. The first kappa shape index (κ1) is 6.56. The zero-order valence-corrected chi connectivity index (χ0v) is 6.75. The molecule has 1 heteroatoms. The van der Waals surface area contributed by atoms with Gasteiger partial charge >= 0.3 is 0 Å². The topological polar surface area (TPSA) is 0 Å². The molecule has 0 bridgehead atoms. The summed E-state index contributed by atoms with van der Waals surface area (Å²) in [6.45, 7) is 2.17. The summed E-state index contributed by atoms with van der Waals surface area (Å²) in [5.41, 5.74) is 1.42. The lowest BCUT2D eigenvalue weighted by Gasteiger charge is -1.98. The van der Waals surface area contributed by atoms with E-state index in [1.807, 2.05) is 0 Å². The molecule has 0 heterocycles.